The molecule has 3 rings (SSSR count). The molecule has 2 heterocycles. The van der Waals surface area contributed by atoms with Crippen LogP contribution >= 0.6 is 0 Å². The summed E-state index contributed by atoms with van der Waals surface area (Å²) in [6.07, 6.45) is 0.285. The lowest BCUT2D eigenvalue weighted by Gasteiger charge is -2.26. The zero-order chi connectivity index (χ0) is 19.7. The van der Waals surface area contributed by atoms with E-state index in [9.17, 15) is 9.59 Å². The van der Waals surface area contributed by atoms with Gasteiger partial charge in [0.2, 0.25) is 0 Å². The first-order chi connectivity index (χ1) is 12.7. The third-order valence-electron chi connectivity index (χ3n) is 4.84. The van der Waals surface area contributed by atoms with Crippen molar-refractivity contribution in [2.24, 2.45) is 0 Å². The van der Waals surface area contributed by atoms with Crippen LogP contribution in [0.3, 0.4) is 0 Å². The Balaban J connectivity index is 1.75. The number of nitrogens with one attached hydrogen (secondary N) is 1. The monoisotopic (exact) mass is 371 g/mol. The number of ether oxygens (including phenoxy) is 1. The lowest BCUT2D eigenvalue weighted by atomic mass is 9.86. The average Bonchev–Trinajstić information content (AvgIpc) is 3.23. The van der Waals surface area contributed by atoms with E-state index in [2.05, 4.69) is 38.2 Å². The summed E-state index contributed by atoms with van der Waals surface area (Å²) < 4.78 is 11.0. The number of hydrogen-bond donors (Lipinski definition) is 2. The van der Waals surface area contributed by atoms with E-state index in [0.29, 0.717) is 18.8 Å². The van der Waals surface area contributed by atoms with Gasteiger partial charge in [-0.1, -0.05) is 45.0 Å². The van der Waals surface area contributed by atoms with Crippen molar-refractivity contribution < 1.29 is 23.8 Å². The van der Waals surface area contributed by atoms with Gasteiger partial charge in [0.25, 0.3) is 5.91 Å². The lowest BCUT2D eigenvalue weighted by Crippen LogP contribution is -2.50. The molecule has 1 unspecified atom stereocenters. The fourth-order valence-electron chi connectivity index (χ4n) is 3.23. The van der Waals surface area contributed by atoms with Gasteiger partial charge in [0.05, 0.1) is 18.6 Å². The number of aliphatic carboxylic acids is 1. The highest BCUT2D eigenvalue weighted by molar-refractivity contribution is 5.93. The zero-order valence-electron chi connectivity index (χ0n) is 15.9. The molecule has 144 valence electrons. The number of carboxylic acids is 1. The molecule has 6 heteroatoms. The number of carboxylic acid groups (broad SMARTS) is 1. The molecule has 1 aliphatic rings. The van der Waals surface area contributed by atoms with Crippen LogP contribution in [0.15, 0.2) is 40.8 Å². The minimum Gasteiger partial charge on any atom is -0.481 e. The van der Waals surface area contributed by atoms with Crippen molar-refractivity contribution in [3.8, 4) is 11.3 Å². The van der Waals surface area contributed by atoms with Gasteiger partial charge in [0, 0.05) is 12.2 Å². The molecule has 1 aromatic heterocycles. The minimum atomic E-state index is -0.972. The van der Waals surface area contributed by atoms with Crippen molar-refractivity contribution in [2.75, 3.05) is 13.2 Å². The maximum atomic E-state index is 12.6. The Morgan fingerprint density at radius 2 is 1.85 bits per heavy atom. The number of carbonyl (C=O) groups excluding carboxylic acids is 1. The van der Waals surface area contributed by atoms with Crippen LogP contribution < -0.4 is 5.32 Å². The number of furan rings is 1. The van der Waals surface area contributed by atoms with E-state index >= 15 is 0 Å². The van der Waals surface area contributed by atoms with E-state index < -0.39 is 17.4 Å². The van der Waals surface area contributed by atoms with E-state index in [4.69, 9.17) is 14.3 Å². The van der Waals surface area contributed by atoms with Crippen molar-refractivity contribution in [3.05, 3.63) is 47.7 Å². The average molecular weight is 371 g/mol. The fraction of sp³-hybridized carbons (Fsp3) is 0.429. The molecule has 0 spiro atoms. The van der Waals surface area contributed by atoms with Gasteiger partial charge < -0.3 is 19.6 Å². The van der Waals surface area contributed by atoms with Crippen molar-refractivity contribution >= 4 is 11.9 Å². The van der Waals surface area contributed by atoms with Gasteiger partial charge in [-0.2, -0.15) is 0 Å². The predicted molar refractivity (Wildman–Crippen MR) is 101 cm³/mol. The summed E-state index contributed by atoms with van der Waals surface area (Å²) >= 11 is 0. The maximum absolute atomic E-state index is 12.6. The molecular weight excluding hydrogens is 346 g/mol. The normalized spacial score (nSPS) is 19.8. The van der Waals surface area contributed by atoms with Gasteiger partial charge in [-0.05, 0) is 29.5 Å². The number of rotatable bonds is 5. The van der Waals surface area contributed by atoms with Crippen LogP contribution in [-0.2, 0) is 14.9 Å². The number of benzene rings is 1. The summed E-state index contributed by atoms with van der Waals surface area (Å²) in [5, 5.41) is 11.9. The van der Waals surface area contributed by atoms with E-state index in [-0.39, 0.29) is 24.2 Å². The molecule has 6 nitrogen and oxygen atoms in total. The minimum absolute atomic E-state index is 0.0640. The van der Waals surface area contributed by atoms with Gasteiger partial charge in [-0.15, -0.1) is 0 Å². The highest BCUT2D eigenvalue weighted by Gasteiger charge is 2.39. The Kier molecular flexibility index (Phi) is 5.11. The predicted octanol–water partition coefficient (Wildman–Crippen LogP) is 3.61. The second-order valence-corrected chi connectivity index (χ2v) is 8.10. The van der Waals surface area contributed by atoms with Crippen LogP contribution in [0.5, 0.6) is 0 Å². The molecule has 0 radical (unpaired) electrons. The first kappa shape index (κ1) is 19.2. The summed E-state index contributed by atoms with van der Waals surface area (Å²) in [6, 6.07) is 11.4. The molecule has 1 amide bonds. The van der Waals surface area contributed by atoms with E-state index in [1.165, 1.54) is 5.56 Å². The summed E-state index contributed by atoms with van der Waals surface area (Å²) in [6.45, 7) is 7.06. The van der Waals surface area contributed by atoms with Crippen molar-refractivity contribution in [1.29, 1.82) is 0 Å². The first-order valence-electron chi connectivity index (χ1n) is 9.01. The Hall–Kier alpha value is -2.60. The molecule has 27 heavy (non-hydrogen) atoms. The van der Waals surface area contributed by atoms with Crippen LogP contribution in [0.2, 0.25) is 0 Å². The molecule has 0 bridgehead atoms. The Morgan fingerprint density at radius 3 is 2.41 bits per heavy atom. The van der Waals surface area contributed by atoms with E-state index in [1.54, 1.807) is 12.1 Å². The summed E-state index contributed by atoms with van der Waals surface area (Å²) in [5.74, 6) is -0.656. The van der Waals surface area contributed by atoms with Crippen LogP contribution in [0.4, 0.5) is 0 Å². The Bertz CT molecular complexity index is 823. The second-order valence-electron chi connectivity index (χ2n) is 8.10. The first-order valence-corrected chi connectivity index (χ1v) is 9.01. The largest absolute Gasteiger partial charge is 0.481 e. The van der Waals surface area contributed by atoms with Crippen LogP contribution in [-0.4, -0.2) is 35.7 Å². The van der Waals surface area contributed by atoms with Crippen LogP contribution in [0, 0.1) is 0 Å². The van der Waals surface area contributed by atoms with Crippen molar-refractivity contribution in [3.63, 3.8) is 0 Å². The molecular formula is C21H25NO5. The van der Waals surface area contributed by atoms with Gasteiger partial charge in [-0.3, -0.25) is 9.59 Å². The summed E-state index contributed by atoms with van der Waals surface area (Å²) in [7, 11) is 0. The SMILES string of the molecule is CC(C)(C)c1ccc(-c2ccc(C(=O)NC3(CC(=O)O)CCOC3)o2)cc1. The van der Waals surface area contributed by atoms with Gasteiger partial charge in [0.1, 0.15) is 5.76 Å². The topological polar surface area (TPSA) is 88.8 Å². The Labute approximate surface area is 158 Å². The highest BCUT2D eigenvalue weighted by Crippen LogP contribution is 2.28. The number of amides is 1. The highest BCUT2D eigenvalue weighted by atomic mass is 16.5. The molecule has 1 aliphatic heterocycles. The fourth-order valence-corrected chi connectivity index (χ4v) is 3.23. The molecule has 0 saturated carbocycles. The van der Waals surface area contributed by atoms with Crippen molar-refractivity contribution in [1.82, 2.24) is 5.32 Å². The molecule has 0 aliphatic carbocycles. The molecule has 2 N–H and O–H groups in total. The zero-order valence-corrected chi connectivity index (χ0v) is 15.9. The molecule has 1 atom stereocenters. The third-order valence-corrected chi connectivity index (χ3v) is 4.84. The lowest BCUT2D eigenvalue weighted by molar-refractivity contribution is -0.138. The molecule has 1 fully saturated rings. The maximum Gasteiger partial charge on any atom is 0.305 e. The van der Waals surface area contributed by atoms with Gasteiger partial charge in [-0.25, -0.2) is 0 Å². The second kappa shape index (κ2) is 7.19. The van der Waals surface area contributed by atoms with Gasteiger partial charge in [0.15, 0.2) is 5.76 Å². The molecule has 2 aromatic rings. The number of hydrogen-bond acceptors (Lipinski definition) is 4. The van der Waals surface area contributed by atoms with Gasteiger partial charge >= 0.3 is 5.97 Å². The smallest absolute Gasteiger partial charge is 0.305 e. The number of carbonyl (C=O) groups is 2. The van der Waals surface area contributed by atoms with Crippen LogP contribution in [0.25, 0.3) is 11.3 Å². The van der Waals surface area contributed by atoms with Crippen molar-refractivity contribution in [2.45, 2.75) is 44.6 Å². The van der Waals surface area contributed by atoms with E-state index in [0.717, 1.165) is 5.56 Å². The molecule has 1 aromatic carbocycles. The Morgan fingerprint density at radius 1 is 1.15 bits per heavy atom. The van der Waals surface area contributed by atoms with Crippen LogP contribution in [0.1, 0.15) is 49.7 Å². The standard InChI is InChI=1S/C21H25NO5/c1-20(2,3)15-6-4-14(5-7-15)16-8-9-17(27-16)19(25)22-21(12-18(23)24)10-11-26-13-21/h4-9H,10-13H2,1-3H3,(H,22,25)(H,23,24). The third kappa shape index (κ3) is 4.39. The summed E-state index contributed by atoms with van der Waals surface area (Å²) in [4.78, 5) is 23.7. The summed E-state index contributed by atoms with van der Waals surface area (Å²) in [5.41, 5.74) is 1.28. The molecule has 1 saturated heterocycles. The quantitative estimate of drug-likeness (QED) is 0.838. The van der Waals surface area contributed by atoms with E-state index in [1.807, 2.05) is 12.1 Å².